The zero-order valence-corrected chi connectivity index (χ0v) is 16.3. The van der Waals surface area contributed by atoms with Gasteiger partial charge in [-0.3, -0.25) is 15.0 Å². The molecule has 3 aromatic carbocycles. The Labute approximate surface area is 174 Å². The van der Waals surface area contributed by atoms with Crippen LogP contribution in [0.3, 0.4) is 0 Å². The first-order chi connectivity index (χ1) is 14.0. The molecule has 0 aromatic heterocycles. The van der Waals surface area contributed by atoms with Crippen LogP contribution in [0.25, 0.3) is 0 Å². The van der Waals surface area contributed by atoms with E-state index >= 15 is 0 Å². The zero-order chi connectivity index (χ0) is 20.6. The van der Waals surface area contributed by atoms with Crippen LogP contribution in [0.15, 0.2) is 84.9 Å². The molecule has 0 aliphatic heterocycles. The number of amidine groups is 1. The van der Waals surface area contributed by atoms with Gasteiger partial charge in [0.15, 0.2) is 0 Å². The molecule has 0 heterocycles. The number of hydrogen-bond donors (Lipinski definition) is 3. The summed E-state index contributed by atoms with van der Waals surface area (Å²) in [5.74, 6) is -1.32. The number of hydrogen-bond acceptors (Lipinski definition) is 3. The monoisotopic (exact) mass is 405 g/mol. The molecule has 0 aliphatic carbocycles. The van der Waals surface area contributed by atoms with Gasteiger partial charge in [-0.2, -0.15) is 0 Å². The second-order valence-electron chi connectivity index (χ2n) is 6.41. The van der Waals surface area contributed by atoms with Gasteiger partial charge in [0, 0.05) is 22.7 Å². The van der Waals surface area contributed by atoms with Gasteiger partial charge in [-0.15, -0.1) is 0 Å². The Morgan fingerprint density at radius 1 is 0.862 bits per heavy atom. The second-order valence-corrected chi connectivity index (χ2v) is 6.85. The van der Waals surface area contributed by atoms with E-state index in [-0.39, 0.29) is 24.2 Å². The predicted molar refractivity (Wildman–Crippen MR) is 114 cm³/mol. The van der Waals surface area contributed by atoms with Crippen molar-refractivity contribution in [3.63, 3.8) is 0 Å². The topological polar surface area (TPSA) is 82.1 Å². The fourth-order valence-corrected chi connectivity index (χ4v) is 3.05. The van der Waals surface area contributed by atoms with E-state index in [2.05, 4.69) is 10.6 Å². The minimum Gasteiger partial charge on any atom is -0.351 e. The summed E-state index contributed by atoms with van der Waals surface area (Å²) in [6.45, 7) is 0.0866. The third kappa shape index (κ3) is 5.53. The van der Waals surface area contributed by atoms with Crippen LogP contribution in [0.4, 0.5) is 0 Å². The molecule has 29 heavy (non-hydrogen) atoms. The van der Waals surface area contributed by atoms with Crippen molar-refractivity contribution in [3.8, 4) is 0 Å². The number of amides is 2. The van der Waals surface area contributed by atoms with E-state index in [1.165, 1.54) is 0 Å². The lowest BCUT2D eigenvalue weighted by molar-refractivity contribution is -0.121. The average molecular weight is 406 g/mol. The molecular weight excluding hydrogens is 386 g/mol. The molecule has 3 rings (SSSR count). The summed E-state index contributed by atoms with van der Waals surface area (Å²) in [6.07, 6.45) is 0. The van der Waals surface area contributed by atoms with Crippen LogP contribution in [0.1, 0.15) is 27.4 Å². The van der Waals surface area contributed by atoms with Gasteiger partial charge in [-0.05, 0) is 23.8 Å². The first kappa shape index (κ1) is 20.3. The third-order valence-electron chi connectivity index (χ3n) is 4.38. The van der Waals surface area contributed by atoms with Crippen LogP contribution >= 0.6 is 11.6 Å². The Morgan fingerprint density at radius 2 is 1.48 bits per heavy atom. The largest absolute Gasteiger partial charge is 0.351 e. The maximum Gasteiger partial charge on any atom is 0.251 e. The number of rotatable bonds is 6. The second kappa shape index (κ2) is 9.66. The van der Waals surface area contributed by atoms with Gasteiger partial charge in [-0.1, -0.05) is 78.3 Å². The Bertz CT molecular complexity index is 1010. The molecular formula is C23H20ClN3O2. The van der Waals surface area contributed by atoms with Crippen molar-refractivity contribution in [1.82, 2.24) is 10.6 Å². The highest BCUT2D eigenvalue weighted by Gasteiger charge is 2.23. The summed E-state index contributed by atoms with van der Waals surface area (Å²) in [7, 11) is 0. The molecule has 0 bridgehead atoms. The first-order valence-corrected chi connectivity index (χ1v) is 9.46. The highest BCUT2D eigenvalue weighted by molar-refractivity contribution is 6.31. The van der Waals surface area contributed by atoms with E-state index in [1.54, 1.807) is 48.5 Å². The predicted octanol–water partition coefficient (Wildman–Crippen LogP) is 4.00. The summed E-state index contributed by atoms with van der Waals surface area (Å²) < 4.78 is 0. The Balaban J connectivity index is 1.73. The fraction of sp³-hybridized carbons (Fsp3) is 0.0870. The van der Waals surface area contributed by atoms with Crippen LogP contribution in [0, 0.1) is 5.41 Å². The maximum absolute atomic E-state index is 12.9. The summed E-state index contributed by atoms with van der Waals surface area (Å²) in [4.78, 5) is 25.4. The molecule has 3 N–H and O–H groups in total. The van der Waals surface area contributed by atoms with Crippen molar-refractivity contribution in [2.75, 3.05) is 6.54 Å². The minimum atomic E-state index is -0.650. The molecule has 0 saturated heterocycles. The highest BCUT2D eigenvalue weighted by atomic mass is 35.5. The van der Waals surface area contributed by atoms with Crippen molar-refractivity contribution in [2.45, 2.75) is 5.92 Å². The van der Waals surface area contributed by atoms with Crippen molar-refractivity contribution in [3.05, 3.63) is 107 Å². The fourth-order valence-electron chi connectivity index (χ4n) is 2.86. The molecule has 0 aliphatic rings. The Morgan fingerprint density at radius 3 is 2.14 bits per heavy atom. The van der Waals surface area contributed by atoms with Crippen LogP contribution in [-0.2, 0) is 4.79 Å². The molecule has 146 valence electrons. The minimum absolute atomic E-state index is 0.0118. The molecule has 1 atom stereocenters. The Kier molecular flexibility index (Phi) is 6.76. The molecule has 0 saturated carbocycles. The van der Waals surface area contributed by atoms with Gasteiger partial charge < -0.3 is 10.6 Å². The van der Waals surface area contributed by atoms with Crippen LogP contribution in [-0.4, -0.2) is 24.2 Å². The molecule has 0 spiro atoms. The summed E-state index contributed by atoms with van der Waals surface area (Å²) in [6, 6.07) is 24.7. The van der Waals surface area contributed by atoms with Crippen molar-refractivity contribution < 1.29 is 9.59 Å². The van der Waals surface area contributed by atoms with Gasteiger partial charge in [-0.25, -0.2) is 0 Å². The van der Waals surface area contributed by atoms with E-state index < -0.39 is 5.92 Å². The standard InChI is InChI=1S/C23H20ClN3O2/c24-19-13-7-12-18(14-19)22(28)26-15-20(16-8-3-1-4-9-16)23(29)27-21(25)17-10-5-2-6-11-17/h1-14,20H,15H2,(H,26,28)(H2,25,27,29). The number of carbonyl (C=O) groups is 2. The van der Waals surface area contributed by atoms with Crippen LogP contribution in [0.5, 0.6) is 0 Å². The lowest BCUT2D eigenvalue weighted by atomic mass is 9.97. The maximum atomic E-state index is 12.9. The third-order valence-corrected chi connectivity index (χ3v) is 4.62. The van der Waals surface area contributed by atoms with Crippen LogP contribution < -0.4 is 10.6 Å². The molecule has 3 aromatic rings. The molecule has 0 radical (unpaired) electrons. The van der Waals surface area contributed by atoms with Gasteiger partial charge in [0.25, 0.3) is 5.91 Å². The molecule has 1 unspecified atom stereocenters. The molecule has 6 heteroatoms. The van der Waals surface area contributed by atoms with Crippen molar-refractivity contribution in [1.29, 1.82) is 5.41 Å². The number of nitrogens with one attached hydrogen (secondary N) is 3. The Hall–Kier alpha value is -3.44. The number of benzene rings is 3. The van der Waals surface area contributed by atoms with Gasteiger partial charge in [0.2, 0.25) is 5.91 Å². The molecule has 5 nitrogen and oxygen atoms in total. The quantitative estimate of drug-likeness (QED) is 0.428. The normalized spacial score (nSPS) is 11.3. The van der Waals surface area contributed by atoms with E-state index in [0.717, 1.165) is 5.56 Å². The molecule has 2 amide bonds. The first-order valence-electron chi connectivity index (χ1n) is 9.08. The van der Waals surface area contributed by atoms with E-state index in [0.29, 0.717) is 16.1 Å². The van der Waals surface area contributed by atoms with E-state index in [9.17, 15) is 9.59 Å². The van der Waals surface area contributed by atoms with Gasteiger partial charge in [0.05, 0.1) is 5.92 Å². The SMILES string of the molecule is N=C(NC(=O)C(CNC(=O)c1cccc(Cl)c1)c1ccccc1)c1ccccc1. The van der Waals surface area contributed by atoms with Crippen molar-refractivity contribution >= 4 is 29.3 Å². The lowest BCUT2D eigenvalue weighted by Gasteiger charge is -2.18. The smallest absolute Gasteiger partial charge is 0.251 e. The molecule has 0 fully saturated rings. The summed E-state index contributed by atoms with van der Waals surface area (Å²) in [5.41, 5.74) is 1.77. The van der Waals surface area contributed by atoms with Crippen molar-refractivity contribution in [2.24, 2.45) is 0 Å². The van der Waals surface area contributed by atoms with E-state index in [1.807, 2.05) is 36.4 Å². The average Bonchev–Trinajstić information content (AvgIpc) is 2.75. The van der Waals surface area contributed by atoms with Crippen LogP contribution in [0.2, 0.25) is 5.02 Å². The summed E-state index contributed by atoms with van der Waals surface area (Å²) >= 11 is 5.95. The highest BCUT2D eigenvalue weighted by Crippen LogP contribution is 2.16. The number of carbonyl (C=O) groups excluding carboxylic acids is 2. The van der Waals surface area contributed by atoms with E-state index in [4.69, 9.17) is 17.0 Å². The number of halogens is 1. The van der Waals surface area contributed by atoms with Gasteiger partial charge in [0.1, 0.15) is 5.84 Å². The lowest BCUT2D eigenvalue weighted by Crippen LogP contribution is -2.40. The van der Waals surface area contributed by atoms with Gasteiger partial charge >= 0.3 is 0 Å². The zero-order valence-electron chi connectivity index (χ0n) is 15.6. The summed E-state index contributed by atoms with van der Waals surface area (Å²) in [5, 5.41) is 14.1.